The van der Waals surface area contributed by atoms with E-state index in [2.05, 4.69) is 5.32 Å². The molecule has 0 saturated heterocycles. The van der Waals surface area contributed by atoms with Crippen LogP contribution in [0.25, 0.3) is 10.9 Å². The standard InChI is InChI=1S/C29H29N3O4S/c1-4-36-23-13-10-21(11-14-23)26(33)18-37-29-31-25-16-22(27(34)30-19(2)3)12-15-24(25)28(35)32(29)17-20-8-6-5-7-9-20/h5-16,19H,4,17-18H2,1-3H3,(H,30,34). The molecule has 1 heterocycles. The molecule has 0 fully saturated rings. The lowest BCUT2D eigenvalue weighted by Gasteiger charge is -2.14. The lowest BCUT2D eigenvalue weighted by molar-refractivity contribution is 0.0942. The number of nitrogens with one attached hydrogen (secondary N) is 1. The third-order valence-electron chi connectivity index (χ3n) is 5.61. The summed E-state index contributed by atoms with van der Waals surface area (Å²) >= 11 is 1.21. The molecule has 0 aliphatic rings. The van der Waals surface area contributed by atoms with Gasteiger partial charge in [0.2, 0.25) is 0 Å². The van der Waals surface area contributed by atoms with Crippen molar-refractivity contribution in [3.05, 3.63) is 99.8 Å². The first-order chi connectivity index (χ1) is 17.9. The van der Waals surface area contributed by atoms with E-state index in [1.54, 1.807) is 47.0 Å². The van der Waals surface area contributed by atoms with Gasteiger partial charge < -0.3 is 10.1 Å². The number of hydrogen-bond acceptors (Lipinski definition) is 6. The number of benzene rings is 3. The smallest absolute Gasteiger partial charge is 0.262 e. The Balaban J connectivity index is 1.68. The van der Waals surface area contributed by atoms with Gasteiger partial charge in [0.25, 0.3) is 11.5 Å². The number of amides is 1. The zero-order chi connectivity index (χ0) is 26.4. The van der Waals surface area contributed by atoms with Gasteiger partial charge in [-0.25, -0.2) is 4.98 Å². The molecular weight excluding hydrogens is 486 g/mol. The number of thioether (sulfide) groups is 1. The largest absolute Gasteiger partial charge is 0.494 e. The predicted octanol–water partition coefficient (Wildman–Crippen LogP) is 4.96. The first-order valence-corrected chi connectivity index (χ1v) is 13.1. The number of nitrogens with zero attached hydrogens (tertiary/aromatic N) is 2. The van der Waals surface area contributed by atoms with Crippen LogP contribution in [0.4, 0.5) is 0 Å². The van der Waals surface area contributed by atoms with Gasteiger partial charge in [-0.05, 0) is 68.8 Å². The SMILES string of the molecule is CCOc1ccc(C(=O)CSc2nc3cc(C(=O)NC(C)C)ccc3c(=O)n2Cc2ccccc2)cc1. The number of carbonyl (C=O) groups is 2. The number of carbonyl (C=O) groups excluding carboxylic acids is 2. The van der Waals surface area contributed by atoms with Gasteiger partial charge in [-0.3, -0.25) is 19.0 Å². The third kappa shape index (κ3) is 6.46. The van der Waals surface area contributed by atoms with Crippen molar-refractivity contribution in [2.24, 2.45) is 0 Å². The van der Waals surface area contributed by atoms with Crippen LogP contribution in [0, 0.1) is 0 Å². The molecule has 0 aliphatic heterocycles. The number of rotatable bonds is 10. The minimum atomic E-state index is -0.230. The maximum absolute atomic E-state index is 13.5. The molecular formula is C29H29N3O4S. The van der Waals surface area contributed by atoms with E-state index in [-0.39, 0.29) is 29.0 Å². The van der Waals surface area contributed by atoms with Crippen LogP contribution in [0.2, 0.25) is 0 Å². The van der Waals surface area contributed by atoms with E-state index in [4.69, 9.17) is 9.72 Å². The van der Waals surface area contributed by atoms with Gasteiger partial charge in [-0.15, -0.1) is 0 Å². The molecule has 4 aromatic rings. The molecule has 8 heteroatoms. The van der Waals surface area contributed by atoms with Crippen molar-refractivity contribution in [1.29, 1.82) is 0 Å². The molecule has 190 valence electrons. The summed E-state index contributed by atoms with van der Waals surface area (Å²) in [6.07, 6.45) is 0. The summed E-state index contributed by atoms with van der Waals surface area (Å²) in [5.74, 6) is 0.497. The highest BCUT2D eigenvalue weighted by atomic mass is 32.2. The van der Waals surface area contributed by atoms with E-state index < -0.39 is 0 Å². The van der Waals surface area contributed by atoms with Crippen LogP contribution in [0.5, 0.6) is 5.75 Å². The Morgan fingerprint density at radius 3 is 2.38 bits per heavy atom. The highest BCUT2D eigenvalue weighted by Gasteiger charge is 2.17. The Hall–Kier alpha value is -3.91. The molecule has 0 bridgehead atoms. The summed E-state index contributed by atoms with van der Waals surface area (Å²) in [5.41, 5.74) is 2.12. The van der Waals surface area contributed by atoms with Crippen LogP contribution in [0.1, 0.15) is 47.1 Å². The molecule has 3 aromatic carbocycles. The summed E-state index contributed by atoms with van der Waals surface area (Å²) in [6, 6.07) is 21.5. The molecule has 37 heavy (non-hydrogen) atoms. The molecule has 1 N–H and O–H groups in total. The van der Waals surface area contributed by atoms with Gasteiger partial charge in [0.15, 0.2) is 10.9 Å². The van der Waals surface area contributed by atoms with Crippen LogP contribution in [-0.4, -0.2) is 39.6 Å². The minimum absolute atomic E-state index is 0.0187. The Morgan fingerprint density at radius 2 is 1.70 bits per heavy atom. The van der Waals surface area contributed by atoms with Crippen LogP contribution in [-0.2, 0) is 6.54 Å². The van der Waals surface area contributed by atoms with Crippen molar-refractivity contribution in [2.45, 2.75) is 38.5 Å². The van der Waals surface area contributed by atoms with Crippen molar-refractivity contribution in [2.75, 3.05) is 12.4 Å². The summed E-state index contributed by atoms with van der Waals surface area (Å²) in [5, 5.41) is 3.69. The molecule has 0 unspecified atom stereocenters. The van der Waals surface area contributed by atoms with Gasteiger partial charge in [0.1, 0.15) is 5.75 Å². The van der Waals surface area contributed by atoms with Crippen LogP contribution >= 0.6 is 11.8 Å². The first-order valence-electron chi connectivity index (χ1n) is 12.1. The van der Waals surface area contributed by atoms with Crippen LogP contribution < -0.4 is 15.6 Å². The highest BCUT2D eigenvalue weighted by molar-refractivity contribution is 7.99. The molecule has 0 radical (unpaired) electrons. The van der Waals surface area contributed by atoms with E-state index >= 15 is 0 Å². The van der Waals surface area contributed by atoms with Gasteiger partial charge in [0, 0.05) is 17.2 Å². The number of aromatic nitrogens is 2. The van der Waals surface area contributed by atoms with E-state index in [0.29, 0.717) is 46.1 Å². The number of Topliss-reactive ketones (excluding diaryl/α,β-unsaturated/α-hetero) is 1. The van der Waals surface area contributed by atoms with Gasteiger partial charge >= 0.3 is 0 Å². The van der Waals surface area contributed by atoms with Crippen LogP contribution in [0.3, 0.4) is 0 Å². The zero-order valence-corrected chi connectivity index (χ0v) is 21.9. The van der Waals surface area contributed by atoms with E-state index in [1.807, 2.05) is 51.1 Å². The zero-order valence-electron chi connectivity index (χ0n) is 21.1. The fourth-order valence-electron chi connectivity index (χ4n) is 3.82. The lowest BCUT2D eigenvalue weighted by Crippen LogP contribution is -2.30. The predicted molar refractivity (Wildman–Crippen MR) is 147 cm³/mol. The van der Waals surface area contributed by atoms with E-state index in [9.17, 15) is 14.4 Å². The molecule has 0 atom stereocenters. The maximum atomic E-state index is 13.5. The van der Waals surface area contributed by atoms with Crippen molar-refractivity contribution >= 4 is 34.4 Å². The lowest BCUT2D eigenvalue weighted by atomic mass is 10.1. The van der Waals surface area contributed by atoms with E-state index in [0.717, 1.165) is 5.56 Å². The van der Waals surface area contributed by atoms with Crippen molar-refractivity contribution in [3.8, 4) is 5.75 Å². The summed E-state index contributed by atoms with van der Waals surface area (Å²) < 4.78 is 7.04. The van der Waals surface area contributed by atoms with E-state index in [1.165, 1.54) is 11.8 Å². The van der Waals surface area contributed by atoms with Crippen molar-refractivity contribution in [1.82, 2.24) is 14.9 Å². The minimum Gasteiger partial charge on any atom is -0.494 e. The number of ether oxygens (including phenoxy) is 1. The molecule has 0 aliphatic carbocycles. The highest BCUT2D eigenvalue weighted by Crippen LogP contribution is 2.22. The van der Waals surface area contributed by atoms with Crippen LogP contribution in [0.15, 0.2) is 82.7 Å². The summed E-state index contributed by atoms with van der Waals surface area (Å²) in [6.45, 7) is 6.54. The van der Waals surface area contributed by atoms with Crippen molar-refractivity contribution < 1.29 is 14.3 Å². The Morgan fingerprint density at radius 1 is 1.00 bits per heavy atom. The molecule has 1 aromatic heterocycles. The van der Waals surface area contributed by atoms with Gasteiger partial charge in [-0.2, -0.15) is 0 Å². The van der Waals surface area contributed by atoms with Gasteiger partial charge in [0.05, 0.1) is 29.8 Å². The number of ketones is 1. The molecule has 1 amide bonds. The maximum Gasteiger partial charge on any atom is 0.262 e. The molecule has 0 spiro atoms. The Labute approximate surface area is 219 Å². The normalized spacial score (nSPS) is 11.0. The summed E-state index contributed by atoms with van der Waals surface area (Å²) in [4.78, 5) is 43.7. The first kappa shape index (κ1) is 26.2. The monoisotopic (exact) mass is 515 g/mol. The number of fused-ring (bicyclic) bond motifs is 1. The number of hydrogen-bond donors (Lipinski definition) is 1. The Bertz CT molecular complexity index is 1460. The average Bonchev–Trinajstić information content (AvgIpc) is 2.89. The van der Waals surface area contributed by atoms with Crippen molar-refractivity contribution in [3.63, 3.8) is 0 Å². The second kappa shape index (κ2) is 11.9. The second-order valence-corrected chi connectivity index (χ2v) is 9.74. The third-order valence-corrected chi connectivity index (χ3v) is 6.58. The fraction of sp³-hybridized carbons (Fsp3) is 0.241. The summed E-state index contributed by atoms with van der Waals surface area (Å²) in [7, 11) is 0. The quantitative estimate of drug-likeness (QED) is 0.182. The topological polar surface area (TPSA) is 90.3 Å². The molecule has 4 rings (SSSR count). The Kier molecular flexibility index (Phi) is 8.40. The molecule has 0 saturated carbocycles. The second-order valence-electron chi connectivity index (χ2n) is 8.80. The van der Waals surface area contributed by atoms with Gasteiger partial charge in [-0.1, -0.05) is 42.1 Å². The fourth-order valence-corrected chi connectivity index (χ4v) is 4.71. The average molecular weight is 516 g/mol. The molecule has 7 nitrogen and oxygen atoms in total.